The van der Waals surface area contributed by atoms with Crippen LogP contribution in [0.15, 0.2) is 30.3 Å². The topological polar surface area (TPSA) is 46.5 Å². The predicted octanol–water partition coefficient (Wildman–Crippen LogP) is 3.64. The van der Waals surface area contributed by atoms with Crippen LogP contribution in [0.2, 0.25) is 0 Å². The van der Waals surface area contributed by atoms with Crippen LogP contribution in [0.3, 0.4) is 0 Å². The second kappa shape index (κ2) is 5.95. The number of hydrogen-bond donors (Lipinski definition) is 1. The molecule has 106 valence electrons. The van der Waals surface area contributed by atoms with Gasteiger partial charge in [0.05, 0.1) is 0 Å². The zero-order valence-electron chi connectivity index (χ0n) is 10.4. The average Bonchev–Trinajstić information content (AvgIpc) is 2.33. The van der Waals surface area contributed by atoms with Crippen LogP contribution in [0.4, 0.5) is 13.2 Å². The summed E-state index contributed by atoms with van der Waals surface area (Å²) in [5, 5.41) is 9.00. The molecule has 1 unspecified atom stereocenters. The molecule has 0 heterocycles. The SMILES string of the molecule is CCCCC(Oc1ccccc1)(C(=O)O)C(F)(F)F. The minimum atomic E-state index is -4.98. The number of alkyl halides is 3. The molecule has 0 aliphatic rings. The van der Waals surface area contributed by atoms with Gasteiger partial charge in [-0.15, -0.1) is 0 Å². The lowest BCUT2D eigenvalue weighted by Gasteiger charge is -2.32. The molecule has 0 saturated carbocycles. The third-order valence-electron chi connectivity index (χ3n) is 2.72. The number of aliphatic carboxylic acids is 1. The van der Waals surface area contributed by atoms with Crippen molar-refractivity contribution in [1.29, 1.82) is 0 Å². The number of carboxylic acids is 1. The van der Waals surface area contributed by atoms with E-state index < -0.39 is 24.2 Å². The number of rotatable bonds is 6. The number of ether oxygens (including phenoxy) is 1. The number of carboxylic acid groups (broad SMARTS) is 1. The summed E-state index contributed by atoms with van der Waals surface area (Å²) in [7, 11) is 0. The minimum absolute atomic E-state index is 0.110. The summed E-state index contributed by atoms with van der Waals surface area (Å²) in [5.41, 5.74) is -3.19. The Bertz CT molecular complexity index is 417. The zero-order valence-corrected chi connectivity index (χ0v) is 10.4. The van der Waals surface area contributed by atoms with Gasteiger partial charge in [-0.05, 0) is 18.6 Å². The number of para-hydroxylation sites is 1. The molecule has 0 saturated heterocycles. The van der Waals surface area contributed by atoms with Gasteiger partial charge in [-0.3, -0.25) is 0 Å². The first-order valence-corrected chi connectivity index (χ1v) is 5.87. The number of benzene rings is 1. The highest BCUT2D eigenvalue weighted by atomic mass is 19.4. The van der Waals surface area contributed by atoms with Crippen LogP contribution < -0.4 is 4.74 Å². The summed E-state index contributed by atoms with van der Waals surface area (Å²) < 4.78 is 44.2. The molecule has 6 heteroatoms. The van der Waals surface area contributed by atoms with E-state index >= 15 is 0 Å². The third kappa shape index (κ3) is 3.39. The largest absolute Gasteiger partial charge is 0.478 e. The maximum atomic E-state index is 13.1. The Morgan fingerprint density at radius 2 is 1.84 bits per heavy atom. The first-order valence-electron chi connectivity index (χ1n) is 5.87. The van der Waals surface area contributed by atoms with Crippen molar-refractivity contribution in [2.24, 2.45) is 0 Å². The normalized spacial score (nSPS) is 14.7. The van der Waals surface area contributed by atoms with E-state index in [-0.39, 0.29) is 12.2 Å². The molecule has 0 aromatic heterocycles. The summed E-state index contributed by atoms with van der Waals surface area (Å²) in [6.07, 6.45) is -5.04. The molecule has 1 aromatic rings. The van der Waals surface area contributed by atoms with Crippen molar-refractivity contribution >= 4 is 5.97 Å². The van der Waals surface area contributed by atoms with Gasteiger partial charge >= 0.3 is 12.1 Å². The zero-order chi connectivity index (χ0) is 14.5. The van der Waals surface area contributed by atoms with Gasteiger partial charge in [0.2, 0.25) is 0 Å². The molecule has 1 rings (SSSR count). The fourth-order valence-electron chi connectivity index (χ4n) is 1.64. The van der Waals surface area contributed by atoms with E-state index in [1.54, 1.807) is 13.0 Å². The van der Waals surface area contributed by atoms with E-state index in [2.05, 4.69) is 0 Å². The molecule has 1 atom stereocenters. The van der Waals surface area contributed by atoms with Crippen molar-refractivity contribution in [2.75, 3.05) is 0 Å². The summed E-state index contributed by atoms with van der Waals surface area (Å²) in [5.74, 6) is -2.13. The second-order valence-electron chi connectivity index (χ2n) is 4.15. The molecule has 0 amide bonds. The van der Waals surface area contributed by atoms with Gasteiger partial charge in [-0.1, -0.05) is 31.5 Å². The quantitative estimate of drug-likeness (QED) is 0.862. The molecule has 3 nitrogen and oxygen atoms in total. The predicted molar refractivity (Wildman–Crippen MR) is 63.0 cm³/mol. The summed E-state index contributed by atoms with van der Waals surface area (Å²) in [6.45, 7) is 1.69. The standard InChI is InChI=1S/C13H15F3O3/c1-2-3-9-12(11(17)18,13(14,15)16)19-10-7-5-4-6-8-10/h4-8H,2-3,9H2,1H3,(H,17,18). The fourth-order valence-corrected chi connectivity index (χ4v) is 1.64. The molecule has 0 bridgehead atoms. The maximum Gasteiger partial charge on any atom is 0.439 e. The second-order valence-corrected chi connectivity index (χ2v) is 4.15. The van der Waals surface area contributed by atoms with Gasteiger partial charge in [0.15, 0.2) is 0 Å². The van der Waals surface area contributed by atoms with Crippen LogP contribution in [0, 0.1) is 0 Å². The Hall–Kier alpha value is -1.72. The maximum absolute atomic E-state index is 13.1. The van der Waals surface area contributed by atoms with Gasteiger partial charge in [0, 0.05) is 6.42 Å². The van der Waals surface area contributed by atoms with Crippen LogP contribution in [0.25, 0.3) is 0 Å². The van der Waals surface area contributed by atoms with E-state index in [1.807, 2.05) is 0 Å². The van der Waals surface area contributed by atoms with Crippen LogP contribution in [-0.2, 0) is 4.79 Å². The molecule has 1 N–H and O–H groups in total. The number of halogens is 3. The highest BCUT2D eigenvalue weighted by Crippen LogP contribution is 2.38. The average molecular weight is 276 g/mol. The van der Waals surface area contributed by atoms with Crippen molar-refractivity contribution < 1.29 is 27.8 Å². The Labute approximate surface area is 109 Å². The van der Waals surface area contributed by atoms with Crippen molar-refractivity contribution in [3.63, 3.8) is 0 Å². The van der Waals surface area contributed by atoms with Crippen molar-refractivity contribution in [1.82, 2.24) is 0 Å². The van der Waals surface area contributed by atoms with Gasteiger partial charge in [0.25, 0.3) is 5.60 Å². The van der Waals surface area contributed by atoms with E-state index in [0.29, 0.717) is 6.42 Å². The van der Waals surface area contributed by atoms with Crippen molar-refractivity contribution in [2.45, 2.75) is 38.0 Å². The van der Waals surface area contributed by atoms with E-state index in [0.717, 1.165) is 0 Å². The van der Waals surface area contributed by atoms with Crippen molar-refractivity contribution in [3.05, 3.63) is 30.3 Å². The number of unbranched alkanes of at least 4 members (excludes halogenated alkanes) is 1. The molecule has 0 radical (unpaired) electrons. The first-order chi connectivity index (χ1) is 8.83. The lowest BCUT2D eigenvalue weighted by Crippen LogP contribution is -2.56. The van der Waals surface area contributed by atoms with E-state index in [9.17, 15) is 18.0 Å². The summed E-state index contributed by atoms with van der Waals surface area (Å²) in [4.78, 5) is 11.1. The number of carbonyl (C=O) groups is 1. The lowest BCUT2D eigenvalue weighted by molar-refractivity contribution is -0.253. The monoisotopic (exact) mass is 276 g/mol. The van der Waals surface area contributed by atoms with Crippen molar-refractivity contribution in [3.8, 4) is 5.75 Å². The lowest BCUT2D eigenvalue weighted by atomic mass is 9.95. The smallest absolute Gasteiger partial charge is 0.439 e. The van der Waals surface area contributed by atoms with Gasteiger partial charge < -0.3 is 9.84 Å². The molecular weight excluding hydrogens is 261 g/mol. The molecular formula is C13H15F3O3. The van der Waals surface area contributed by atoms with E-state index in [4.69, 9.17) is 9.84 Å². The summed E-state index contributed by atoms with van der Waals surface area (Å²) >= 11 is 0. The molecule has 19 heavy (non-hydrogen) atoms. The number of hydrogen-bond acceptors (Lipinski definition) is 2. The molecule has 0 aliphatic heterocycles. The Morgan fingerprint density at radius 1 is 1.26 bits per heavy atom. The molecule has 0 fully saturated rings. The minimum Gasteiger partial charge on any atom is -0.478 e. The Balaban J connectivity index is 3.12. The van der Waals surface area contributed by atoms with E-state index in [1.165, 1.54) is 24.3 Å². The third-order valence-corrected chi connectivity index (χ3v) is 2.72. The van der Waals surface area contributed by atoms with Crippen LogP contribution in [0.5, 0.6) is 5.75 Å². The highest BCUT2D eigenvalue weighted by molar-refractivity contribution is 5.79. The van der Waals surface area contributed by atoms with Gasteiger partial charge in [-0.2, -0.15) is 13.2 Å². The summed E-state index contributed by atoms with van der Waals surface area (Å²) in [6, 6.07) is 7.18. The Morgan fingerprint density at radius 3 is 2.26 bits per heavy atom. The molecule has 1 aromatic carbocycles. The van der Waals surface area contributed by atoms with Gasteiger partial charge in [0.1, 0.15) is 5.75 Å². The molecule has 0 spiro atoms. The Kier molecular flexibility index (Phi) is 4.80. The van der Waals surface area contributed by atoms with Crippen LogP contribution in [-0.4, -0.2) is 22.9 Å². The van der Waals surface area contributed by atoms with Crippen LogP contribution >= 0.6 is 0 Å². The fraction of sp³-hybridized carbons (Fsp3) is 0.462. The van der Waals surface area contributed by atoms with Crippen LogP contribution in [0.1, 0.15) is 26.2 Å². The van der Waals surface area contributed by atoms with Gasteiger partial charge in [-0.25, -0.2) is 4.79 Å². The molecule has 0 aliphatic carbocycles. The first kappa shape index (κ1) is 15.3. The highest BCUT2D eigenvalue weighted by Gasteiger charge is 2.63.